The molecule has 204 valence electrons. The summed E-state index contributed by atoms with van der Waals surface area (Å²) in [5.41, 5.74) is 0.0603. The Morgan fingerprint density at radius 3 is 2.53 bits per heavy atom. The molecule has 0 saturated carbocycles. The van der Waals surface area contributed by atoms with Crippen molar-refractivity contribution in [1.82, 2.24) is 20.1 Å². The van der Waals surface area contributed by atoms with E-state index in [1.54, 1.807) is 11.6 Å². The first kappa shape index (κ1) is 27.5. The fraction of sp³-hybridized carbons (Fsp3) is 0.417. The Hall–Kier alpha value is -3.55. The van der Waals surface area contributed by atoms with E-state index in [1.165, 1.54) is 12.3 Å². The van der Waals surface area contributed by atoms with Crippen LogP contribution in [0.15, 0.2) is 24.4 Å². The number of rotatable bonds is 6. The number of halogens is 5. The minimum Gasteiger partial charge on any atom is -0.355 e. The van der Waals surface area contributed by atoms with Crippen LogP contribution in [0.25, 0.3) is 10.6 Å². The van der Waals surface area contributed by atoms with E-state index in [2.05, 4.69) is 15.4 Å². The number of aryl methyl sites for hydroxylation is 2. The van der Waals surface area contributed by atoms with Gasteiger partial charge in [-0.2, -0.15) is 18.3 Å². The molecule has 1 aliphatic rings. The van der Waals surface area contributed by atoms with Gasteiger partial charge in [0.15, 0.2) is 5.82 Å². The van der Waals surface area contributed by atoms with E-state index in [1.807, 2.05) is 17.1 Å². The van der Waals surface area contributed by atoms with Crippen LogP contribution in [0.3, 0.4) is 0 Å². The molecule has 4 rings (SSSR count). The van der Waals surface area contributed by atoms with E-state index >= 15 is 0 Å². The van der Waals surface area contributed by atoms with Gasteiger partial charge in [-0.05, 0) is 45.2 Å². The minimum absolute atomic E-state index is 0.00800. The SMILES string of the molecule is CCn1ncc(NC(=O)c2nc(-c3c(F)cccc3F)sc2C)c1N1CCCC(NC(=O)C(F)(F)F)CC1. The lowest BCUT2D eigenvalue weighted by Gasteiger charge is -2.25. The van der Waals surface area contributed by atoms with Gasteiger partial charge in [-0.3, -0.25) is 9.59 Å². The molecule has 1 aromatic carbocycles. The largest absolute Gasteiger partial charge is 0.471 e. The highest BCUT2D eigenvalue weighted by atomic mass is 32.1. The highest BCUT2D eigenvalue weighted by molar-refractivity contribution is 7.15. The van der Waals surface area contributed by atoms with Crippen LogP contribution < -0.4 is 15.5 Å². The summed E-state index contributed by atoms with van der Waals surface area (Å²) in [7, 11) is 0. The third kappa shape index (κ3) is 5.79. The molecular formula is C24H25F5N6O2S. The third-order valence-corrected chi connectivity index (χ3v) is 7.16. The average Bonchev–Trinajstić information content (AvgIpc) is 3.34. The first-order chi connectivity index (χ1) is 18.0. The molecule has 3 heterocycles. The van der Waals surface area contributed by atoms with Crippen LogP contribution in [0.2, 0.25) is 0 Å². The van der Waals surface area contributed by atoms with Crippen LogP contribution in [0, 0.1) is 18.6 Å². The van der Waals surface area contributed by atoms with Gasteiger partial charge in [-0.25, -0.2) is 18.4 Å². The molecule has 8 nitrogen and oxygen atoms in total. The fourth-order valence-corrected chi connectivity index (χ4v) is 5.31. The molecule has 3 aromatic rings. The molecule has 0 radical (unpaired) electrons. The second kappa shape index (κ2) is 11.1. The van der Waals surface area contributed by atoms with Crippen LogP contribution in [-0.4, -0.2) is 51.9 Å². The van der Waals surface area contributed by atoms with Gasteiger partial charge in [-0.15, -0.1) is 11.3 Å². The molecule has 14 heteroatoms. The molecule has 0 bridgehead atoms. The number of carbonyl (C=O) groups excluding carboxylic acids is 2. The maximum atomic E-state index is 14.2. The predicted octanol–water partition coefficient (Wildman–Crippen LogP) is 4.90. The summed E-state index contributed by atoms with van der Waals surface area (Å²) in [6.45, 7) is 4.73. The predicted molar refractivity (Wildman–Crippen MR) is 132 cm³/mol. The van der Waals surface area contributed by atoms with E-state index in [4.69, 9.17) is 0 Å². The van der Waals surface area contributed by atoms with Gasteiger partial charge in [0.1, 0.15) is 28.0 Å². The van der Waals surface area contributed by atoms with Gasteiger partial charge in [0, 0.05) is 30.6 Å². The average molecular weight is 557 g/mol. The number of hydrogen-bond donors (Lipinski definition) is 2. The number of benzene rings is 1. The zero-order valence-corrected chi connectivity index (χ0v) is 21.3. The van der Waals surface area contributed by atoms with Crippen molar-refractivity contribution in [3.05, 3.63) is 46.6 Å². The Morgan fingerprint density at radius 2 is 1.87 bits per heavy atom. The second-order valence-electron chi connectivity index (χ2n) is 8.76. The Labute approximate surface area is 218 Å². The Morgan fingerprint density at radius 1 is 1.16 bits per heavy atom. The molecule has 1 fully saturated rings. The highest BCUT2D eigenvalue weighted by Crippen LogP contribution is 2.33. The Balaban J connectivity index is 1.53. The molecule has 38 heavy (non-hydrogen) atoms. The standard InChI is InChI=1S/C24H25F5N6O2S/c1-3-35-22(34-10-5-6-14(9-11-34)31-23(37)24(27,28)29)17(12-30-35)32-20(36)19-13(2)38-21(33-19)18-15(25)7-4-8-16(18)26/h4,7-8,12,14H,3,5-6,9-11H2,1-2H3,(H,31,37)(H,32,36). The van der Waals surface area contributed by atoms with Crippen molar-refractivity contribution in [2.24, 2.45) is 0 Å². The number of amides is 2. The van der Waals surface area contributed by atoms with E-state index in [9.17, 15) is 31.5 Å². The molecule has 1 unspecified atom stereocenters. The van der Waals surface area contributed by atoms with Gasteiger partial charge in [0.05, 0.1) is 11.8 Å². The molecule has 1 saturated heterocycles. The normalized spacial score (nSPS) is 16.3. The molecule has 0 spiro atoms. The van der Waals surface area contributed by atoms with Gasteiger partial charge in [-0.1, -0.05) is 6.07 Å². The van der Waals surface area contributed by atoms with Crippen LogP contribution in [0.1, 0.15) is 41.6 Å². The third-order valence-electron chi connectivity index (χ3n) is 6.17. The maximum absolute atomic E-state index is 14.2. The Kier molecular flexibility index (Phi) is 7.99. The smallest absolute Gasteiger partial charge is 0.355 e. The molecule has 1 atom stereocenters. The van der Waals surface area contributed by atoms with E-state index in [-0.39, 0.29) is 22.7 Å². The summed E-state index contributed by atoms with van der Waals surface area (Å²) >= 11 is 0.988. The molecular weight excluding hydrogens is 531 g/mol. The van der Waals surface area contributed by atoms with Crippen molar-refractivity contribution >= 4 is 34.7 Å². The number of anilines is 2. The monoisotopic (exact) mass is 556 g/mol. The van der Waals surface area contributed by atoms with E-state index in [0.29, 0.717) is 48.9 Å². The number of nitrogens with zero attached hydrogens (tertiary/aromatic N) is 4. The van der Waals surface area contributed by atoms with E-state index in [0.717, 1.165) is 23.5 Å². The van der Waals surface area contributed by atoms with Crippen molar-refractivity contribution in [3.8, 4) is 10.6 Å². The summed E-state index contributed by atoms with van der Waals surface area (Å²) in [5, 5.41) is 9.16. The van der Waals surface area contributed by atoms with Crippen molar-refractivity contribution in [2.45, 2.75) is 51.9 Å². The summed E-state index contributed by atoms with van der Waals surface area (Å²) in [6.07, 6.45) is -2.34. The number of aromatic nitrogens is 3. The van der Waals surface area contributed by atoms with Gasteiger partial charge in [0.25, 0.3) is 5.91 Å². The number of hydrogen-bond acceptors (Lipinski definition) is 6. The number of nitrogens with one attached hydrogen (secondary N) is 2. The van der Waals surface area contributed by atoms with Crippen molar-refractivity contribution in [1.29, 1.82) is 0 Å². The zero-order valence-electron chi connectivity index (χ0n) is 20.5. The first-order valence-corrected chi connectivity index (χ1v) is 12.7. The lowest BCUT2D eigenvalue weighted by Crippen LogP contribution is -2.43. The number of thiazole rings is 1. The van der Waals surface area contributed by atoms with Crippen LogP contribution in [0.5, 0.6) is 0 Å². The summed E-state index contributed by atoms with van der Waals surface area (Å²) < 4.78 is 68.1. The first-order valence-electron chi connectivity index (χ1n) is 11.9. The summed E-state index contributed by atoms with van der Waals surface area (Å²) in [4.78, 5) is 31.1. The molecule has 2 N–H and O–H groups in total. The fourth-order valence-electron chi connectivity index (χ4n) is 4.35. The van der Waals surface area contributed by atoms with Crippen molar-refractivity contribution in [2.75, 3.05) is 23.3 Å². The molecule has 2 amide bonds. The lowest BCUT2D eigenvalue weighted by molar-refractivity contribution is -0.174. The highest BCUT2D eigenvalue weighted by Gasteiger charge is 2.40. The number of carbonyl (C=O) groups is 2. The minimum atomic E-state index is -4.95. The van der Waals surface area contributed by atoms with Gasteiger partial charge in [0.2, 0.25) is 0 Å². The summed E-state index contributed by atoms with van der Waals surface area (Å²) in [6, 6.07) is 2.83. The van der Waals surface area contributed by atoms with Gasteiger partial charge >= 0.3 is 12.1 Å². The molecule has 0 aliphatic carbocycles. The van der Waals surface area contributed by atoms with Crippen molar-refractivity contribution in [3.63, 3.8) is 0 Å². The quantitative estimate of drug-likeness (QED) is 0.422. The second-order valence-corrected chi connectivity index (χ2v) is 9.96. The zero-order chi connectivity index (χ0) is 27.6. The topological polar surface area (TPSA) is 92.2 Å². The van der Waals surface area contributed by atoms with E-state index < -0.39 is 35.7 Å². The van der Waals surface area contributed by atoms with Gasteiger partial charge < -0.3 is 15.5 Å². The Bertz CT molecular complexity index is 1320. The molecule has 1 aliphatic heterocycles. The summed E-state index contributed by atoms with van der Waals surface area (Å²) in [5.74, 6) is -3.57. The maximum Gasteiger partial charge on any atom is 0.471 e. The van der Waals surface area contributed by atoms with Crippen molar-refractivity contribution < 1.29 is 31.5 Å². The molecule has 2 aromatic heterocycles. The lowest BCUT2D eigenvalue weighted by atomic mass is 10.1. The van der Waals surface area contributed by atoms with Crippen LogP contribution in [0.4, 0.5) is 33.5 Å². The van der Waals surface area contributed by atoms with Crippen LogP contribution in [-0.2, 0) is 11.3 Å². The van der Waals surface area contributed by atoms with Crippen LogP contribution >= 0.6 is 11.3 Å². The number of alkyl halides is 3.